The second kappa shape index (κ2) is 8.55. The Morgan fingerprint density at radius 3 is 2.65 bits per heavy atom. The summed E-state index contributed by atoms with van der Waals surface area (Å²) in [6.07, 6.45) is 3.64. The molecule has 1 aromatic carbocycles. The number of benzene rings is 1. The number of nitrogens with zero attached hydrogens (tertiary/aromatic N) is 3. The first-order chi connectivity index (χ1) is 14.8. The predicted octanol–water partition coefficient (Wildman–Crippen LogP) is 4.69. The SMILES string of the molecule is CC(C)COc1ncc(-c2ccc(-c3n[nH]c(S(=O)(=O)C4CCC4)n3)cc2F)cc1Cl. The van der Waals surface area contributed by atoms with Gasteiger partial charge in [-0.2, -0.15) is 10.1 Å². The summed E-state index contributed by atoms with van der Waals surface area (Å²) in [6, 6.07) is 6.04. The fraction of sp³-hybridized carbons (Fsp3) is 0.381. The Balaban J connectivity index is 1.57. The topological polar surface area (TPSA) is 97.8 Å². The van der Waals surface area contributed by atoms with Crippen LogP contribution in [0, 0.1) is 11.7 Å². The molecule has 0 amide bonds. The zero-order valence-electron chi connectivity index (χ0n) is 17.1. The highest BCUT2D eigenvalue weighted by Crippen LogP contribution is 2.33. The van der Waals surface area contributed by atoms with Crippen LogP contribution in [0.2, 0.25) is 5.02 Å². The van der Waals surface area contributed by atoms with E-state index in [2.05, 4.69) is 20.2 Å². The van der Waals surface area contributed by atoms with Crippen molar-refractivity contribution < 1.29 is 17.5 Å². The van der Waals surface area contributed by atoms with Crippen LogP contribution in [0.1, 0.15) is 33.1 Å². The molecule has 0 unspecified atom stereocenters. The monoisotopic (exact) mass is 464 g/mol. The Hall–Kier alpha value is -2.52. The van der Waals surface area contributed by atoms with E-state index in [4.69, 9.17) is 16.3 Å². The van der Waals surface area contributed by atoms with Gasteiger partial charge in [0.15, 0.2) is 5.82 Å². The third-order valence-corrected chi connectivity index (χ3v) is 7.47. The highest BCUT2D eigenvalue weighted by molar-refractivity contribution is 7.91. The van der Waals surface area contributed by atoms with Crippen LogP contribution in [0.15, 0.2) is 35.6 Å². The molecule has 1 saturated carbocycles. The van der Waals surface area contributed by atoms with E-state index in [-0.39, 0.29) is 11.0 Å². The van der Waals surface area contributed by atoms with Crippen LogP contribution in [0.3, 0.4) is 0 Å². The van der Waals surface area contributed by atoms with Crippen molar-refractivity contribution in [2.75, 3.05) is 6.61 Å². The molecule has 1 N–H and O–H groups in total. The van der Waals surface area contributed by atoms with Crippen molar-refractivity contribution >= 4 is 21.4 Å². The molecule has 3 aromatic rings. The molecule has 0 aliphatic heterocycles. The maximum Gasteiger partial charge on any atom is 0.243 e. The molecule has 4 rings (SSSR count). The lowest BCUT2D eigenvalue weighted by Crippen LogP contribution is -2.29. The highest BCUT2D eigenvalue weighted by Gasteiger charge is 2.35. The van der Waals surface area contributed by atoms with E-state index in [0.29, 0.717) is 53.0 Å². The van der Waals surface area contributed by atoms with Gasteiger partial charge in [-0.05, 0) is 30.9 Å². The molecular weight excluding hydrogens is 443 g/mol. The number of halogens is 2. The van der Waals surface area contributed by atoms with Gasteiger partial charge in [0.05, 0.1) is 11.9 Å². The minimum absolute atomic E-state index is 0.122. The van der Waals surface area contributed by atoms with Gasteiger partial charge in [0.25, 0.3) is 0 Å². The van der Waals surface area contributed by atoms with Gasteiger partial charge in [0, 0.05) is 22.9 Å². The number of aromatic amines is 1. The van der Waals surface area contributed by atoms with Gasteiger partial charge in [-0.25, -0.2) is 22.9 Å². The Morgan fingerprint density at radius 2 is 2.03 bits per heavy atom. The van der Waals surface area contributed by atoms with Crippen LogP contribution < -0.4 is 4.74 Å². The Morgan fingerprint density at radius 1 is 1.26 bits per heavy atom. The zero-order valence-corrected chi connectivity index (χ0v) is 18.7. The van der Waals surface area contributed by atoms with Gasteiger partial charge in [-0.1, -0.05) is 44.0 Å². The standard InChI is InChI=1S/C21H22ClFN4O3S/c1-12(2)11-30-20-17(22)8-14(10-24-20)16-7-6-13(9-18(16)23)19-25-21(27-26-19)31(28,29)15-4-3-5-15/h6-10,12,15H,3-5,11H2,1-2H3,(H,25,26,27). The summed E-state index contributed by atoms with van der Waals surface area (Å²) in [6.45, 7) is 4.50. The van der Waals surface area contributed by atoms with Crippen molar-refractivity contribution in [1.29, 1.82) is 0 Å². The second-order valence-corrected chi connectivity index (χ2v) is 10.5. The van der Waals surface area contributed by atoms with E-state index in [9.17, 15) is 12.8 Å². The third kappa shape index (κ3) is 4.43. The number of hydrogen-bond acceptors (Lipinski definition) is 6. The minimum Gasteiger partial charge on any atom is -0.476 e. The number of nitrogens with one attached hydrogen (secondary N) is 1. The van der Waals surface area contributed by atoms with Crippen molar-refractivity contribution in [2.45, 2.75) is 43.5 Å². The van der Waals surface area contributed by atoms with Crippen LogP contribution >= 0.6 is 11.6 Å². The molecule has 0 atom stereocenters. The molecule has 0 saturated heterocycles. The summed E-state index contributed by atoms with van der Waals surface area (Å²) in [5.74, 6) is 0.218. The Bertz CT molecular complexity index is 1210. The first kappa shape index (κ1) is 21.7. The molecule has 2 heterocycles. The maximum absolute atomic E-state index is 14.9. The van der Waals surface area contributed by atoms with Gasteiger partial charge >= 0.3 is 0 Å². The zero-order chi connectivity index (χ0) is 22.2. The summed E-state index contributed by atoms with van der Waals surface area (Å²) >= 11 is 6.24. The minimum atomic E-state index is -3.53. The van der Waals surface area contributed by atoms with Gasteiger partial charge in [0.1, 0.15) is 10.8 Å². The van der Waals surface area contributed by atoms with E-state index >= 15 is 0 Å². The van der Waals surface area contributed by atoms with Crippen molar-refractivity contribution in [3.05, 3.63) is 41.3 Å². The Kier molecular flexibility index (Phi) is 5.98. The lowest BCUT2D eigenvalue weighted by atomic mass is 10.0. The largest absolute Gasteiger partial charge is 0.476 e. The maximum atomic E-state index is 14.9. The summed E-state index contributed by atoms with van der Waals surface area (Å²) in [7, 11) is -3.53. The summed E-state index contributed by atoms with van der Waals surface area (Å²) in [5.41, 5.74) is 1.16. The number of rotatable bonds is 7. The van der Waals surface area contributed by atoms with Crippen LogP contribution in [-0.2, 0) is 9.84 Å². The molecule has 10 heteroatoms. The van der Waals surface area contributed by atoms with E-state index in [1.165, 1.54) is 12.3 Å². The molecule has 1 fully saturated rings. The van der Waals surface area contributed by atoms with Crippen LogP contribution in [-0.4, -0.2) is 40.4 Å². The molecule has 164 valence electrons. The normalized spacial score (nSPS) is 14.6. The van der Waals surface area contributed by atoms with Gasteiger partial charge in [-0.15, -0.1) is 0 Å². The number of pyridine rings is 1. The number of sulfone groups is 1. The van der Waals surface area contributed by atoms with Crippen molar-refractivity contribution in [2.24, 2.45) is 5.92 Å². The first-order valence-electron chi connectivity index (χ1n) is 10.0. The molecule has 0 spiro atoms. The molecule has 0 bridgehead atoms. The number of H-pyrrole nitrogens is 1. The van der Waals surface area contributed by atoms with Gasteiger partial charge in [0.2, 0.25) is 20.9 Å². The molecule has 0 radical (unpaired) electrons. The summed E-state index contributed by atoms with van der Waals surface area (Å²) in [5, 5.41) is 6.14. The van der Waals surface area contributed by atoms with Crippen LogP contribution in [0.4, 0.5) is 4.39 Å². The van der Waals surface area contributed by atoms with Crippen LogP contribution in [0.5, 0.6) is 5.88 Å². The third-order valence-electron chi connectivity index (χ3n) is 5.12. The molecule has 2 aromatic heterocycles. The number of aromatic nitrogens is 4. The van der Waals surface area contributed by atoms with Crippen molar-refractivity contribution in [3.8, 4) is 28.4 Å². The first-order valence-corrected chi connectivity index (χ1v) is 11.9. The average molecular weight is 465 g/mol. The Labute approximate surface area is 185 Å². The van der Waals surface area contributed by atoms with Gasteiger partial charge in [-0.3, -0.25) is 0 Å². The molecule has 7 nitrogen and oxygen atoms in total. The number of ether oxygens (including phenoxy) is 1. The van der Waals surface area contributed by atoms with E-state index in [0.717, 1.165) is 6.42 Å². The van der Waals surface area contributed by atoms with Crippen LogP contribution in [0.25, 0.3) is 22.5 Å². The lowest BCUT2D eigenvalue weighted by Gasteiger charge is -2.23. The highest BCUT2D eigenvalue weighted by atomic mass is 35.5. The summed E-state index contributed by atoms with van der Waals surface area (Å²) in [4.78, 5) is 8.28. The van der Waals surface area contributed by atoms with E-state index < -0.39 is 20.9 Å². The van der Waals surface area contributed by atoms with Crippen molar-refractivity contribution in [1.82, 2.24) is 20.2 Å². The van der Waals surface area contributed by atoms with E-state index in [1.54, 1.807) is 18.2 Å². The predicted molar refractivity (Wildman–Crippen MR) is 115 cm³/mol. The lowest BCUT2D eigenvalue weighted by molar-refractivity contribution is 0.261. The fourth-order valence-electron chi connectivity index (χ4n) is 3.16. The smallest absolute Gasteiger partial charge is 0.243 e. The molecule has 1 aliphatic carbocycles. The van der Waals surface area contributed by atoms with E-state index in [1.807, 2.05) is 13.8 Å². The molecular formula is C21H22ClFN4O3S. The molecule has 1 aliphatic rings. The van der Waals surface area contributed by atoms with Crippen molar-refractivity contribution in [3.63, 3.8) is 0 Å². The fourth-order valence-corrected chi connectivity index (χ4v) is 5.03. The average Bonchev–Trinajstić information content (AvgIpc) is 3.16. The molecule has 31 heavy (non-hydrogen) atoms. The quantitative estimate of drug-likeness (QED) is 0.544. The second-order valence-electron chi connectivity index (χ2n) is 7.97. The van der Waals surface area contributed by atoms with Gasteiger partial charge < -0.3 is 4.74 Å². The number of hydrogen-bond donors (Lipinski definition) is 1. The summed E-state index contributed by atoms with van der Waals surface area (Å²) < 4.78 is 45.3.